The third kappa shape index (κ3) is 3.16. The molecule has 0 bridgehead atoms. The lowest BCUT2D eigenvalue weighted by Gasteiger charge is -2.16. The molecule has 1 N–H and O–H groups in total. The summed E-state index contributed by atoms with van der Waals surface area (Å²) in [5.74, 6) is 1.89. The Morgan fingerprint density at radius 3 is 2.59 bits per heavy atom. The van der Waals surface area contributed by atoms with Gasteiger partial charge < -0.3 is 15.0 Å². The van der Waals surface area contributed by atoms with E-state index < -0.39 is 0 Å². The van der Waals surface area contributed by atoms with E-state index in [0.717, 1.165) is 24.7 Å². The Bertz CT molecular complexity index is 651. The molecule has 0 saturated carbocycles. The van der Waals surface area contributed by atoms with Crippen LogP contribution in [-0.2, 0) is 0 Å². The highest BCUT2D eigenvalue weighted by Gasteiger charge is 2.15. The first kappa shape index (κ1) is 14.3. The summed E-state index contributed by atoms with van der Waals surface area (Å²) < 4.78 is 5.08. The quantitative estimate of drug-likeness (QED) is 0.938. The molecular weight excluding hydrogens is 280 g/mol. The lowest BCUT2D eigenvalue weighted by Crippen LogP contribution is -2.20. The highest BCUT2D eigenvalue weighted by molar-refractivity contribution is 6.03. The minimum absolute atomic E-state index is 0.200. The summed E-state index contributed by atoms with van der Waals surface area (Å²) >= 11 is 0. The summed E-state index contributed by atoms with van der Waals surface area (Å²) in [5, 5.41) is 2.80. The molecule has 114 valence electrons. The molecule has 3 rings (SSSR count). The smallest absolute Gasteiger partial charge is 0.256 e. The molecule has 0 spiro atoms. The number of nitrogens with one attached hydrogen (secondary N) is 1. The lowest BCUT2D eigenvalue weighted by atomic mass is 10.2. The van der Waals surface area contributed by atoms with Gasteiger partial charge in [-0.2, -0.15) is 0 Å². The van der Waals surface area contributed by atoms with E-state index in [-0.39, 0.29) is 5.91 Å². The summed E-state index contributed by atoms with van der Waals surface area (Å²) in [4.78, 5) is 22.8. The van der Waals surface area contributed by atoms with Crippen molar-refractivity contribution in [3.8, 4) is 5.75 Å². The summed E-state index contributed by atoms with van der Waals surface area (Å²) in [5.41, 5.74) is 0.558. The van der Waals surface area contributed by atoms with Gasteiger partial charge in [0.2, 0.25) is 0 Å². The number of ether oxygens (including phenoxy) is 1. The number of rotatable bonds is 4. The van der Waals surface area contributed by atoms with Crippen molar-refractivity contribution in [3.63, 3.8) is 0 Å². The second-order valence-electron chi connectivity index (χ2n) is 5.14. The van der Waals surface area contributed by atoms with Crippen LogP contribution < -0.4 is 15.0 Å². The fourth-order valence-electron chi connectivity index (χ4n) is 2.47. The molecule has 6 nitrogen and oxygen atoms in total. The second-order valence-corrected chi connectivity index (χ2v) is 5.14. The topological polar surface area (TPSA) is 67.3 Å². The molecule has 1 aromatic carbocycles. The fraction of sp³-hybridized carbons (Fsp3) is 0.312. The second kappa shape index (κ2) is 6.43. The monoisotopic (exact) mass is 298 g/mol. The summed E-state index contributed by atoms with van der Waals surface area (Å²) in [7, 11) is 1.59. The van der Waals surface area contributed by atoms with E-state index in [0.29, 0.717) is 11.4 Å². The van der Waals surface area contributed by atoms with E-state index in [1.54, 1.807) is 31.4 Å². The molecular formula is C16H18N4O2. The summed E-state index contributed by atoms with van der Waals surface area (Å²) in [6.07, 6.45) is 3.84. The van der Waals surface area contributed by atoms with Crippen LogP contribution in [0.5, 0.6) is 5.75 Å². The number of aromatic nitrogens is 2. The SMILES string of the molecule is COc1ccc(C(=O)Nc2cc(N3CCCC3)ncn2)cc1. The standard InChI is InChI=1S/C16H18N4O2/c1-22-13-6-4-12(5-7-13)16(21)19-14-10-15(18-11-17-14)20-8-2-3-9-20/h4-7,10-11H,2-3,8-9H2,1H3,(H,17,18,19,21). The van der Waals surface area contributed by atoms with Crippen molar-refractivity contribution < 1.29 is 9.53 Å². The summed E-state index contributed by atoms with van der Waals surface area (Å²) in [6, 6.07) is 8.76. The van der Waals surface area contributed by atoms with E-state index in [2.05, 4.69) is 20.2 Å². The number of benzene rings is 1. The summed E-state index contributed by atoms with van der Waals surface area (Å²) in [6.45, 7) is 2.01. The van der Waals surface area contributed by atoms with Gasteiger partial charge in [0.1, 0.15) is 23.7 Å². The maximum Gasteiger partial charge on any atom is 0.256 e. The average molecular weight is 298 g/mol. The largest absolute Gasteiger partial charge is 0.497 e. The van der Waals surface area contributed by atoms with Gasteiger partial charge in [-0.15, -0.1) is 0 Å². The van der Waals surface area contributed by atoms with Crippen molar-refractivity contribution >= 4 is 17.5 Å². The molecule has 2 heterocycles. The van der Waals surface area contributed by atoms with Crippen molar-refractivity contribution in [1.82, 2.24) is 9.97 Å². The number of hydrogen-bond donors (Lipinski definition) is 1. The van der Waals surface area contributed by atoms with Crippen LogP contribution in [0.3, 0.4) is 0 Å². The van der Waals surface area contributed by atoms with Gasteiger partial charge in [0.15, 0.2) is 0 Å². The molecule has 0 unspecified atom stereocenters. The van der Waals surface area contributed by atoms with Crippen LogP contribution in [0, 0.1) is 0 Å². The minimum Gasteiger partial charge on any atom is -0.497 e. The lowest BCUT2D eigenvalue weighted by molar-refractivity contribution is 0.102. The predicted octanol–water partition coefficient (Wildman–Crippen LogP) is 2.34. The Balaban J connectivity index is 1.71. The Kier molecular flexibility index (Phi) is 4.18. The Hall–Kier alpha value is -2.63. The molecule has 22 heavy (non-hydrogen) atoms. The van der Waals surface area contributed by atoms with E-state index >= 15 is 0 Å². The Morgan fingerprint density at radius 1 is 1.18 bits per heavy atom. The van der Waals surface area contributed by atoms with Gasteiger partial charge in [-0.25, -0.2) is 9.97 Å². The third-order valence-corrected chi connectivity index (χ3v) is 3.68. The molecule has 0 atom stereocenters. The molecule has 1 aliphatic heterocycles. The molecule has 6 heteroatoms. The van der Waals surface area contributed by atoms with Crippen molar-refractivity contribution in [2.24, 2.45) is 0 Å². The zero-order chi connectivity index (χ0) is 15.4. The first-order valence-electron chi connectivity index (χ1n) is 7.28. The molecule has 2 aromatic rings. The Morgan fingerprint density at radius 2 is 1.91 bits per heavy atom. The maximum atomic E-state index is 12.2. The van der Waals surface area contributed by atoms with E-state index in [9.17, 15) is 4.79 Å². The van der Waals surface area contributed by atoms with Crippen LogP contribution in [0.25, 0.3) is 0 Å². The van der Waals surface area contributed by atoms with Gasteiger partial charge >= 0.3 is 0 Å². The minimum atomic E-state index is -0.200. The molecule has 1 saturated heterocycles. The Labute approximate surface area is 129 Å². The normalized spacial score (nSPS) is 14.0. The number of anilines is 2. The van der Waals surface area contributed by atoms with Crippen LogP contribution in [0.1, 0.15) is 23.2 Å². The van der Waals surface area contributed by atoms with E-state index in [1.165, 1.54) is 19.2 Å². The number of carbonyl (C=O) groups is 1. The van der Waals surface area contributed by atoms with Crippen LogP contribution in [-0.4, -0.2) is 36.1 Å². The number of methoxy groups -OCH3 is 1. The molecule has 0 radical (unpaired) electrons. The predicted molar refractivity (Wildman–Crippen MR) is 84.4 cm³/mol. The van der Waals surface area contributed by atoms with Gasteiger partial charge in [0.05, 0.1) is 7.11 Å². The van der Waals surface area contributed by atoms with Gasteiger partial charge in [-0.1, -0.05) is 0 Å². The van der Waals surface area contributed by atoms with Crippen LogP contribution in [0.2, 0.25) is 0 Å². The number of carbonyl (C=O) groups excluding carboxylic acids is 1. The third-order valence-electron chi connectivity index (χ3n) is 3.68. The zero-order valence-electron chi connectivity index (χ0n) is 12.5. The van der Waals surface area contributed by atoms with Crippen molar-refractivity contribution in [3.05, 3.63) is 42.2 Å². The molecule has 1 aromatic heterocycles. The molecule has 1 amide bonds. The maximum absolute atomic E-state index is 12.2. The molecule has 0 aliphatic carbocycles. The van der Waals surface area contributed by atoms with Gasteiger partial charge in [0.25, 0.3) is 5.91 Å². The van der Waals surface area contributed by atoms with Crippen molar-refractivity contribution in [1.29, 1.82) is 0 Å². The first-order chi connectivity index (χ1) is 10.8. The number of amides is 1. The first-order valence-corrected chi connectivity index (χ1v) is 7.28. The van der Waals surface area contributed by atoms with Gasteiger partial charge in [-0.05, 0) is 37.1 Å². The van der Waals surface area contributed by atoms with Crippen LogP contribution in [0.4, 0.5) is 11.6 Å². The van der Waals surface area contributed by atoms with Gasteiger partial charge in [0, 0.05) is 24.7 Å². The van der Waals surface area contributed by atoms with E-state index in [4.69, 9.17) is 4.74 Å². The highest BCUT2D eigenvalue weighted by atomic mass is 16.5. The van der Waals surface area contributed by atoms with E-state index in [1.807, 2.05) is 6.07 Å². The fourth-order valence-corrected chi connectivity index (χ4v) is 2.47. The van der Waals surface area contributed by atoms with Gasteiger partial charge in [-0.3, -0.25) is 4.79 Å². The van der Waals surface area contributed by atoms with Crippen LogP contribution in [0.15, 0.2) is 36.7 Å². The zero-order valence-corrected chi connectivity index (χ0v) is 12.5. The van der Waals surface area contributed by atoms with Crippen molar-refractivity contribution in [2.45, 2.75) is 12.8 Å². The molecule has 1 aliphatic rings. The highest BCUT2D eigenvalue weighted by Crippen LogP contribution is 2.20. The number of hydrogen-bond acceptors (Lipinski definition) is 5. The average Bonchev–Trinajstić information content (AvgIpc) is 3.10. The van der Waals surface area contributed by atoms with Crippen molar-refractivity contribution in [2.75, 3.05) is 30.4 Å². The molecule has 1 fully saturated rings. The number of nitrogens with zero attached hydrogens (tertiary/aromatic N) is 3. The van der Waals surface area contributed by atoms with Crippen LogP contribution >= 0.6 is 0 Å².